The predicted octanol–water partition coefficient (Wildman–Crippen LogP) is 1.56. The van der Waals surface area contributed by atoms with Crippen LogP contribution in [0.3, 0.4) is 0 Å². The first kappa shape index (κ1) is 12.3. The highest BCUT2D eigenvalue weighted by Gasteiger charge is 2.06. The Morgan fingerprint density at radius 2 is 2.00 bits per heavy atom. The monoisotopic (exact) mass is 245 g/mol. The highest BCUT2D eigenvalue weighted by molar-refractivity contribution is 5.67. The molecule has 0 amide bonds. The molecule has 1 aromatic heterocycles. The molecule has 0 saturated carbocycles. The quantitative estimate of drug-likeness (QED) is 0.836. The summed E-state index contributed by atoms with van der Waals surface area (Å²) in [6.45, 7) is 0.526. The van der Waals surface area contributed by atoms with Crippen molar-refractivity contribution in [1.29, 1.82) is 0 Å². The van der Waals surface area contributed by atoms with Gasteiger partial charge >= 0.3 is 0 Å². The minimum Gasteiger partial charge on any atom is -0.496 e. The molecule has 0 spiro atoms. The van der Waals surface area contributed by atoms with Crippen molar-refractivity contribution in [3.63, 3.8) is 0 Å². The highest BCUT2D eigenvalue weighted by atomic mass is 16.5. The van der Waals surface area contributed by atoms with E-state index in [1.54, 1.807) is 7.11 Å². The number of nitrogens with one attached hydrogen (secondary N) is 1. The predicted molar refractivity (Wildman–Crippen MR) is 69.6 cm³/mol. The maximum atomic E-state index is 8.70. The molecule has 1 aromatic carbocycles. The van der Waals surface area contributed by atoms with Crippen molar-refractivity contribution >= 4 is 5.82 Å². The van der Waals surface area contributed by atoms with E-state index < -0.39 is 0 Å². The Morgan fingerprint density at radius 3 is 2.67 bits per heavy atom. The summed E-state index contributed by atoms with van der Waals surface area (Å²) in [6, 6.07) is 11.3. The van der Waals surface area contributed by atoms with Gasteiger partial charge in [-0.3, -0.25) is 0 Å². The molecule has 0 radical (unpaired) electrons. The second-order valence-electron chi connectivity index (χ2n) is 3.65. The van der Waals surface area contributed by atoms with Gasteiger partial charge in [-0.1, -0.05) is 12.1 Å². The molecule has 0 aliphatic carbocycles. The number of aliphatic hydroxyl groups excluding tert-OH is 1. The Morgan fingerprint density at radius 1 is 1.17 bits per heavy atom. The van der Waals surface area contributed by atoms with Crippen LogP contribution in [-0.2, 0) is 0 Å². The highest BCUT2D eigenvalue weighted by Crippen LogP contribution is 2.27. The zero-order valence-corrected chi connectivity index (χ0v) is 10.1. The SMILES string of the molecule is COc1ccccc1-c1ccc(NCCO)nn1. The fourth-order valence-electron chi connectivity index (χ4n) is 1.61. The number of anilines is 1. The van der Waals surface area contributed by atoms with Gasteiger partial charge in [0.25, 0.3) is 0 Å². The van der Waals surface area contributed by atoms with Crippen molar-refractivity contribution in [2.24, 2.45) is 0 Å². The number of methoxy groups -OCH3 is 1. The normalized spacial score (nSPS) is 10.1. The lowest BCUT2D eigenvalue weighted by Crippen LogP contribution is -2.07. The minimum atomic E-state index is 0.0654. The van der Waals surface area contributed by atoms with E-state index in [1.807, 2.05) is 36.4 Å². The number of ether oxygens (including phenoxy) is 1. The van der Waals surface area contributed by atoms with Crippen LogP contribution in [0.25, 0.3) is 11.3 Å². The third-order valence-corrected chi connectivity index (χ3v) is 2.47. The summed E-state index contributed by atoms with van der Waals surface area (Å²) >= 11 is 0. The summed E-state index contributed by atoms with van der Waals surface area (Å²) in [5.74, 6) is 1.41. The largest absolute Gasteiger partial charge is 0.496 e. The number of benzene rings is 1. The van der Waals surface area contributed by atoms with Crippen LogP contribution in [0, 0.1) is 0 Å². The molecule has 94 valence electrons. The van der Waals surface area contributed by atoms with E-state index in [0.29, 0.717) is 12.4 Å². The zero-order chi connectivity index (χ0) is 12.8. The molecule has 5 heteroatoms. The Labute approximate surface area is 105 Å². The molecule has 1 heterocycles. The van der Waals surface area contributed by atoms with Crippen molar-refractivity contribution in [3.8, 4) is 17.0 Å². The van der Waals surface area contributed by atoms with Crippen LogP contribution in [0.4, 0.5) is 5.82 Å². The number of aliphatic hydroxyl groups is 1. The average molecular weight is 245 g/mol. The lowest BCUT2D eigenvalue weighted by atomic mass is 10.1. The summed E-state index contributed by atoms with van der Waals surface area (Å²) < 4.78 is 5.28. The van der Waals surface area contributed by atoms with Gasteiger partial charge in [-0.15, -0.1) is 10.2 Å². The maximum absolute atomic E-state index is 8.70. The van der Waals surface area contributed by atoms with Crippen LogP contribution in [0.15, 0.2) is 36.4 Å². The summed E-state index contributed by atoms with van der Waals surface area (Å²) in [7, 11) is 1.63. The molecule has 0 aliphatic heterocycles. The van der Waals surface area contributed by atoms with Crippen molar-refractivity contribution in [2.75, 3.05) is 25.6 Å². The first-order valence-electron chi connectivity index (χ1n) is 5.67. The first-order valence-corrected chi connectivity index (χ1v) is 5.67. The smallest absolute Gasteiger partial charge is 0.148 e. The lowest BCUT2D eigenvalue weighted by molar-refractivity contribution is 0.311. The van der Waals surface area contributed by atoms with Crippen LogP contribution >= 0.6 is 0 Å². The number of rotatable bonds is 5. The standard InChI is InChI=1S/C13H15N3O2/c1-18-12-5-3-2-4-10(12)11-6-7-13(16-15-11)14-8-9-17/h2-7,17H,8-9H2,1H3,(H,14,16). The Bertz CT molecular complexity index is 500. The third-order valence-electron chi connectivity index (χ3n) is 2.47. The molecule has 0 bridgehead atoms. The number of aromatic nitrogens is 2. The van der Waals surface area contributed by atoms with Crippen molar-refractivity contribution in [3.05, 3.63) is 36.4 Å². The second kappa shape index (κ2) is 5.97. The molecule has 18 heavy (non-hydrogen) atoms. The Balaban J connectivity index is 2.23. The van der Waals surface area contributed by atoms with E-state index in [-0.39, 0.29) is 6.61 Å². The van der Waals surface area contributed by atoms with E-state index >= 15 is 0 Å². The van der Waals surface area contributed by atoms with Gasteiger partial charge in [-0.05, 0) is 24.3 Å². The molecule has 2 aromatic rings. The average Bonchev–Trinajstić information content (AvgIpc) is 2.45. The minimum absolute atomic E-state index is 0.0654. The molecule has 5 nitrogen and oxygen atoms in total. The summed E-state index contributed by atoms with van der Waals surface area (Å²) in [5.41, 5.74) is 1.66. The molecule has 0 atom stereocenters. The van der Waals surface area contributed by atoms with Gasteiger partial charge in [0.1, 0.15) is 11.6 Å². The molecular formula is C13H15N3O2. The van der Waals surface area contributed by atoms with Gasteiger partial charge in [0.15, 0.2) is 0 Å². The molecular weight excluding hydrogens is 230 g/mol. The van der Waals surface area contributed by atoms with Crippen molar-refractivity contribution in [2.45, 2.75) is 0 Å². The Kier molecular flexibility index (Phi) is 4.09. The van der Waals surface area contributed by atoms with E-state index in [0.717, 1.165) is 17.0 Å². The molecule has 2 N–H and O–H groups in total. The maximum Gasteiger partial charge on any atom is 0.148 e. The van der Waals surface area contributed by atoms with Crippen LogP contribution in [0.2, 0.25) is 0 Å². The van der Waals surface area contributed by atoms with Gasteiger partial charge in [0, 0.05) is 12.1 Å². The van der Waals surface area contributed by atoms with Gasteiger partial charge < -0.3 is 15.2 Å². The van der Waals surface area contributed by atoms with E-state index in [9.17, 15) is 0 Å². The van der Waals surface area contributed by atoms with Crippen LogP contribution < -0.4 is 10.1 Å². The third kappa shape index (κ3) is 2.75. The van der Waals surface area contributed by atoms with Crippen LogP contribution in [0.1, 0.15) is 0 Å². The Hall–Kier alpha value is -2.14. The number of hydrogen-bond acceptors (Lipinski definition) is 5. The van der Waals surface area contributed by atoms with Gasteiger partial charge in [0.2, 0.25) is 0 Å². The molecule has 0 unspecified atom stereocenters. The van der Waals surface area contributed by atoms with Crippen LogP contribution in [0.5, 0.6) is 5.75 Å². The molecule has 2 rings (SSSR count). The summed E-state index contributed by atoms with van der Waals surface area (Å²) in [6.07, 6.45) is 0. The van der Waals surface area contributed by atoms with Gasteiger partial charge in [0.05, 0.1) is 19.4 Å². The topological polar surface area (TPSA) is 67.3 Å². The fourth-order valence-corrected chi connectivity index (χ4v) is 1.61. The summed E-state index contributed by atoms with van der Waals surface area (Å²) in [4.78, 5) is 0. The number of para-hydroxylation sites is 1. The molecule has 0 saturated heterocycles. The lowest BCUT2D eigenvalue weighted by Gasteiger charge is -2.07. The number of hydrogen-bond donors (Lipinski definition) is 2. The molecule has 0 aliphatic rings. The van der Waals surface area contributed by atoms with Gasteiger partial charge in [-0.25, -0.2) is 0 Å². The zero-order valence-electron chi connectivity index (χ0n) is 10.1. The van der Waals surface area contributed by atoms with E-state index in [1.165, 1.54) is 0 Å². The first-order chi connectivity index (χ1) is 8.85. The van der Waals surface area contributed by atoms with E-state index in [2.05, 4.69) is 15.5 Å². The second-order valence-corrected chi connectivity index (χ2v) is 3.65. The van der Waals surface area contributed by atoms with Crippen LogP contribution in [-0.4, -0.2) is 35.6 Å². The summed E-state index contributed by atoms with van der Waals surface area (Å²) in [5, 5.41) is 19.8. The van der Waals surface area contributed by atoms with Gasteiger partial charge in [-0.2, -0.15) is 0 Å². The van der Waals surface area contributed by atoms with Crippen molar-refractivity contribution < 1.29 is 9.84 Å². The fraction of sp³-hybridized carbons (Fsp3) is 0.231. The van der Waals surface area contributed by atoms with Crippen molar-refractivity contribution in [1.82, 2.24) is 10.2 Å². The molecule has 0 fully saturated rings. The van der Waals surface area contributed by atoms with E-state index in [4.69, 9.17) is 9.84 Å². The number of nitrogens with zero attached hydrogens (tertiary/aromatic N) is 2.